The van der Waals surface area contributed by atoms with Crippen LogP contribution in [-0.4, -0.2) is 15.0 Å². The predicted molar refractivity (Wildman–Crippen MR) is 208 cm³/mol. The Labute approximate surface area is 295 Å². The smallest absolute Gasteiger partial charge is 0.164 e. The molecule has 1 aliphatic rings. The second-order valence-corrected chi connectivity index (χ2v) is 12.8. The van der Waals surface area contributed by atoms with Crippen LogP contribution in [0.4, 0.5) is 0 Å². The van der Waals surface area contributed by atoms with Crippen LogP contribution in [0.1, 0.15) is 0 Å². The van der Waals surface area contributed by atoms with Gasteiger partial charge in [0, 0.05) is 33.2 Å². The third-order valence-corrected chi connectivity index (χ3v) is 9.73. The van der Waals surface area contributed by atoms with Crippen LogP contribution in [-0.2, 0) is 0 Å². The summed E-state index contributed by atoms with van der Waals surface area (Å²) in [5.74, 6) is 3.64. The monoisotopic (exact) mass is 651 g/mol. The standard InChI is InChI=1S/C47H29N3O/c1-3-12-31(13-4-1)37-27-28-42-43-39(37)18-10-19-40(43)41-20-9-17-38(44(41)51-42)32-22-24-34(25-23-32)46-48-45(33-14-5-2-6-15-33)49-47(50-46)36-26-21-30-11-7-8-16-35(30)29-36/h1-29H. The van der Waals surface area contributed by atoms with Gasteiger partial charge in [0.05, 0.1) is 0 Å². The fourth-order valence-electron chi connectivity index (χ4n) is 7.23. The van der Waals surface area contributed by atoms with Gasteiger partial charge in [-0.1, -0.05) is 164 Å². The summed E-state index contributed by atoms with van der Waals surface area (Å²) in [6, 6.07) is 61.0. The zero-order valence-corrected chi connectivity index (χ0v) is 27.5. The van der Waals surface area contributed by atoms with E-state index in [0.29, 0.717) is 17.5 Å². The van der Waals surface area contributed by atoms with E-state index < -0.39 is 0 Å². The normalized spacial score (nSPS) is 11.7. The van der Waals surface area contributed by atoms with E-state index in [2.05, 4.69) is 146 Å². The van der Waals surface area contributed by atoms with Gasteiger partial charge in [0.2, 0.25) is 0 Å². The minimum atomic E-state index is 0.625. The molecule has 1 aliphatic heterocycles. The van der Waals surface area contributed by atoms with E-state index in [1.54, 1.807) is 0 Å². The van der Waals surface area contributed by atoms with Crippen LogP contribution in [0, 0.1) is 0 Å². The molecule has 0 unspecified atom stereocenters. The quantitative estimate of drug-likeness (QED) is 0.186. The minimum Gasteiger partial charge on any atom is -0.455 e. The van der Waals surface area contributed by atoms with Crippen molar-refractivity contribution in [2.24, 2.45) is 0 Å². The highest BCUT2D eigenvalue weighted by Crippen LogP contribution is 2.51. The molecule has 0 spiro atoms. The van der Waals surface area contributed by atoms with Gasteiger partial charge in [-0.3, -0.25) is 0 Å². The maximum atomic E-state index is 6.77. The Balaban J connectivity index is 1.05. The van der Waals surface area contributed by atoms with E-state index in [0.717, 1.165) is 55.7 Å². The maximum absolute atomic E-state index is 6.77. The summed E-state index contributed by atoms with van der Waals surface area (Å²) in [5, 5.41) is 4.65. The zero-order valence-electron chi connectivity index (χ0n) is 27.5. The number of rotatable bonds is 5. The van der Waals surface area contributed by atoms with E-state index >= 15 is 0 Å². The van der Waals surface area contributed by atoms with E-state index in [1.807, 2.05) is 30.3 Å². The van der Waals surface area contributed by atoms with Crippen LogP contribution in [0.3, 0.4) is 0 Å². The molecular formula is C47H29N3O. The molecule has 9 aromatic rings. The molecule has 0 saturated heterocycles. The summed E-state index contributed by atoms with van der Waals surface area (Å²) in [4.78, 5) is 14.9. The first-order chi connectivity index (χ1) is 25.3. The van der Waals surface area contributed by atoms with Gasteiger partial charge in [0.25, 0.3) is 0 Å². The molecular weight excluding hydrogens is 623 g/mol. The first kappa shape index (κ1) is 29.0. The second-order valence-electron chi connectivity index (χ2n) is 12.8. The number of nitrogens with zero attached hydrogens (tertiary/aromatic N) is 3. The van der Waals surface area contributed by atoms with E-state index in [9.17, 15) is 0 Å². The molecule has 238 valence electrons. The molecule has 0 atom stereocenters. The third-order valence-electron chi connectivity index (χ3n) is 9.73. The molecule has 8 aromatic carbocycles. The molecule has 10 rings (SSSR count). The molecule has 1 aromatic heterocycles. The SMILES string of the molecule is c1ccc(-c2nc(-c3ccc(-c4cccc5c4Oc4ccc(-c6ccccc6)c6cccc-5c46)cc3)nc(-c3ccc4ccccc4c3)n2)cc1. The Morgan fingerprint density at radius 2 is 0.882 bits per heavy atom. The lowest BCUT2D eigenvalue weighted by Crippen LogP contribution is -2.01. The van der Waals surface area contributed by atoms with Crippen LogP contribution >= 0.6 is 0 Å². The Morgan fingerprint density at radius 1 is 0.333 bits per heavy atom. The van der Waals surface area contributed by atoms with E-state index in [4.69, 9.17) is 19.7 Å². The lowest BCUT2D eigenvalue weighted by atomic mass is 9.88. The molecule has 2 heterocycles. The van der Waals surface area contributed by atoms with Gasteiger partial charge in [-0.15, -0.1) is 0 Å². The van der Waals surface area contributed by atoms with Gasteiger partial charge in [-0.2, -0.15) is 0 Å². The fourth-order valence-corrected chi connectivity index (χ4v) is 7.23. The third kappa shape index (κ3) is 5.04. The first-order valence-corrected chi connectivity index (χ1v) is 17.1. The predicted octanol–water partition coefficient (Wildman–Crippen LogP) is 12.3. The Morgan fingerprint density at radius 3 is 1.65 bits per heavy atom. The number of hydrogen-bond acceptors (Lipinski definition) is 4. The Hall–Kier alpha value is -6.91. The van der Waals surface area contributed by atoms with Gasteiger partial charge in [0.1, 0.15) is 11.5 Å². The molecule has 4 heteroatoms. The van der Waals surface area contributed by atoms with Crippen LogP contribution in [0.25, 0.3) is 89.1 Å². The molecule has 4 nitrogen and oxygen atoms in total. The van der Waals surface area contributed by atoms with Crippen molar-refractivity contribution < 1.29 is 4.74 Å². The highest BCUT2D eigenvalue weighted by Gasteiger charge is 2.24. The summed E-state index contributed by atoms with van der Waals surface area (Å²) in [6.45, 7) is 0. The Kier molecular flexibility index (Phi) is 6.78. The fraction of sp³-hybridized carbons (Fsp3) is 0. The van der Waals surface area contributed by atoms with Gasteiger partial charge in [-0.25, -0.2) is 15.0 Å². The van der Waals surface area contributed by atoms with Crippen molar-refractivity contribution in [3.8, 4) is 79.0 Å². The molecule has 0 radical (unpaired) electrons. The zero-order chi connectivity index (χ0) is 33.7. The van der Waals surface area contributed by atoms with Crippen molar-refractivity contribution in [3.63, 3.8) is 0 Å². The number of ether oxygens (including phenoxy) is 1. The van der Waals surface area contributed by atoms with Crippen LogP contribution in [0.15, 0.2) is 176 Å². The molecule has 0 fully saturated rings. The number of hydrogen-bond donors (Lipinski definition) is 0. The number of fused-ring (bicyclic) bond motifs is 3. The average Bonchev–Trinajstić information content (AvgIpc) is 3.21. The summed E-state index contributed by atoms with van der Waals surface area (Å²) in [5.41, 5.74) is 9.56. The summed E-state index contributed by atoms with van der Waals surface area (Å²) < 4.78 is 6.77. The molecule has 0 aliphatic carbocycles. The van der Waals surface area contributed by atoms with Gasteiger partial charge < -0.3 is 4.74 Å². The van der Waals surface area contributed by atoms with Gasteiger partial charge >= 0.3 is 0 Å². The van der Waals surface area contributed by atoms with E-state index in [-0.39, 0.29) is 0 Å². The molecule has 0 amide bonds. The van der Waals surface area contributed by atoms with E-state index in [1.165, 1.54) is 27.5 Å². The summed E-state index contributed by atoms with van der Waals surface area (Å²) in [7, 11) is 0. The maximum Gasteiger partial charge on any atom is 0.164 e. The minimum absolute atomic E-state index is 0.625. The topological polar surface area (TPSA) is 47.9 Å². The number of benzene rings is 8. The number of para-hydroxylation sites is 1. The van der Waals surface area contributed by atoms with Crippen LogP contribution < -0.4 is 4.74 Å². The summed E-state index contributed by atoms with van der Waals surface area (Å²) in [6.07, 6.45) is 0. The molecule has 0 bridgehead atoms. The highest BCUT2D eigenvalue weighted by atomic mass is 16.5. The lowest BCUT2D eigenvalue weighted by Gasteiger charge is -2.24. The summed E-state index contributed by atoms with van der Waals surface area (Å²) >= 11 is 0. The lowest BCUT2D eigenvalue weighted by molar-refractivity contribution is 0.489. The van der Waals surface area contributed by atoms with Crippen molar-refractivity contribution in [3.05, 3.63) is 176 Å². The van der Waals surface area contributed by atoms with Crippen molar-refractivity contribution in [1.82, 2.24) is 15.0 Å². The van der Waals surface area contributed by atoms with Crippen LogP contribution in [0.2, 0.25) is 0 Å². The molecule has 51 heavy (non-hydrogen) atoms. The largest absolute Gasteiger partial charge is 0.455 e. The van der Waals surface area contributed by atoms with Crippen molar-refractivity contribution in [2.75, 3.05) is 0 Å². The molecule has 0 N–H and O–H groups in total. The highest BCUT2D eigenvalue weighted by molar-refractivity contribution is 6.10. The van der Waals surface area contributed by atoms with Crippen LogP contribution in [0.5, 0.6) is 11.5 Å². The second kappa shape index (κ2) is 11.9. The van der Waals surface area contributed by atoms with Crippen molar-refractivity contribution in [1.29, 1.82) is 0 Å². The first-order valence-electron chi connectivity index (χ1n) is 17.1. The van der Waals surface area contributed by atoms with Gasteiger partial charge in [-0.05, 0) is 50.5 Å². The Bertz CT molecular complexity index is 2760. The average molecular weight is 652 g/mol. The van der Waals surface area contributed by atoms with Gasteiger partial charge in [0.15, 0.2) is 17.5 Å². The van der Waals surface area contributed by atoms with Crippen molar-refractivity contribution >= 4 is 21.5 Å². The van der Waals surface area contributed by atoms with Crippen molar-refractivity contribution in [2.45, 2.75) is 0 Å². The number of aromatic nitrogens is 3. The molecule has 0 saturated carbocycles.